The molecule has 1 unspecified atom stereocenters. The third kappa shape index (κ3) is 6.68. The molecule has 0 spiro atoms. The molecule has 0 fully saturated rings. The molecule has 2 aromatic heterocycles. The van der Waals surface area contributed by atoms with Gasteiger partial charge in [-0.3, -0.25) is 0 Å². The van der Waals surface area contributed by atoms with Gasteiger partial charge in [0.05, 0.1) is 11.8 Å². The number of aliphatic hydroxyl groups is 1. The molecule has 8 heteroatoms. The summed E-state index contributed by atoms with van der Waals surface area (Å²) in [5.74, 6) is 1.41. The van der Waals surface area contributed by atoms with E-state index in [1.54, 1.807) is 0 Å². The summed E-state index contributed by atoms with van der Waals surface area (Å²) in [7, 11) is 0. The molecule has 0 aliphatic heterocycles. The van der Waals surface area contributed by atoms with Crippen LogP contribution in [-0.4, -0.2) is 34.9 Å². The first kappa shape index (κ1) is 35.2. The van der Waals surface area contributed by atoms with Gasteiger partial charge in [-0.25, -0.2) is 9.67 Å². The van der Waals surface area contributed by atoms with Crippen LogP contribution in [0, 0.1) is 17.2 Å². The molecule has 0 aliphatic rings. The van der Waals surface area contributed by atoms with E-state index in [0.717, 1.165) is 64.0 Å². The normalized spacial score (nSPS) is 12.2. The molecule has 1 N–H and O–H groups in total. The maximum Gasteiger partial charge on any atom is 0.184 e. The lowest BCUT2D eigenvalue weighted by Gasteiger charge is -2.36. The number of aryl methyl sites for hydroxylation is 1. The number of benzene rings is 5. The van der Waals surface area contributed by atoms with Gasteiger partial charge in [-0.1, -0.05) is 167 Å². The SMILES string of the molecule is CCCCc1nc(C#N)c(C(O)C(C)C)n1Cc1ccc(-c2ccccc2-c2nnnn2C(c2ccccc2)(c2ccccc2)c2ccccc2)cc1. The molecule has 2 heterocycles. The van der Waals surface area contributed by atoms with Crippen LogP contribution in [0.5, 0.6) is 0 Å². The first-order chi connectivity index (χ1) is 26.0. The summed E-state index contributed by atoms with van der Waals surface area (Å²) in [6.07, 6.45) is 1.91. The lowest BCUT2D eigenvalue weighted by molar-refractivity contribution is 0.118. The number of rotatable bonds is 13. The predicted molar refractivity (Wildman–Crippen MR) is 208 cm³/mol. The number of unbranched alkanes of at least 4 members (excludes halogenated alkanes) is 1. The van der Waals surface area contributed by atoms with E-state index < -0.39 is 11.6 Å². The molecule has 0 saturated heterocycles. The summed E-state index contributed by atoms with van der Waals surface area (Å²) in [6, 6.07) is 50.1. The van der Waals surface area contributed by atoms with E-state index >= 15 is 0 Å². The summed E-state index contributed by atoms with van der Waals surface area (Å²) in [4.78, 5) is 4.69. The molecule has 53 heavy (non-hydrogen) atoms. The molecule has 1 atom stereocenters. The van der Waals surface area contributed by atoms with Crippen LogP contribution >= 0.6 is 0 Å². The Morgan fingerprint density at radius 2 is 1.28 bits per heavy atom. The standard InChI is InChI=1S/C45H43N7O/c1-4-5-25-41-47-40(30-46)42(43(53)32(2)3)51(41)31-33-26-28-34(29-27-33)38-23-15-16-24-39(38)44-48-49-50-52(44)45(35-17-9-6-10-18-35,36-19-11-7-12-20-36)37-21-13-8-14-22-37/h6-24,26-29,32,43,53H,4-5,25,31H2,1-3H3. The maximum atomic E-state index is 11.2. The van der Waals surface area contributed by atoms with Crippen LogP contribution in [0.4, 0.5) is 0 Å². The number of hydrogen-bond donors (Lipinski definition) is 1. The topological polar surface area (TPSA) is 105 Å². The van der Waals surface area contributed by atoms with Gasteiger partial charge < -0.3 is 9.67 Å². The van der Waals surface area contributed by atoms with E-state index in [0.29, 0.717) is 23.8 Å². The van der Waals surface area contributed by atoms with Gasteiger partial charge in [0.15, 0.2) is 11.5 Å². The quantitative estimate of drug-likeness (QED) is 0.121. The largest absolute Gasteiger partial charge is 0.387 e. The fourth-order valence-electron chi connectivity index (χ4n) is 7.30. The van der Waals surface area contributed by atoms with E-state index in [1.807, 2.05) is 53.4 Å². The average Bonchev–Trinajstić information content (AvgIpc) is 3.84. The highest BCUT2D eigenvalue weighted by atomic mass is 16.3. The number of aromatic nitrogens is 6. The minimum Gasteiger partial charge on any atom is -0.387 e. The van der Waals surface area contributed by atoms with Gasteiger partial charge >= 0.3 is 0 Å². The van der Waals surface area contributed by atoms with E-state index in [2.05, 4.69) is 132 Å². The van der Waals surface area contributed by atoms with Crippen molar-refractivity contribution in [3.63, 3.8) is 0 Å². The fraction of sp³-hybridized carbons (Fsp3) is 0.222. The highest BCUT2D eigenvalue weighted by molar-refractivity contribution is 5.81. The minimum atomic E-state index is -0.875. The number of tetrazole rings is 1. The highest BCUT2D eigenvalue weighted by Crippen LogP contribution is 2.43. The second kappa shape index (κ2) is 15.6. The van der Waals surface area contributed by atoms with Crippen LogP contribution in [0.25, 0.3) is 22.5 Å². The molecule has 5 aromatic carbocycles. The molecule has 0 saturated carbocycles. The Balaban J connectivity index is 1.33. The van der Waals surface area contributed by atoms with E-state index in [-0.39, 0.29) is 5.92 Å². The van der Waals surface area contributed by atoms with Crippen molar-refractivity contribution in [2.24, 2.45) is 5.92 Å². The molecule has 0 aliphatic carbocycles. The van der Waals surface area contributed by atoms with Crippen molar-refractivity contribution in [3.05, 3.63) is 179 Å². The zero-order chi connectivity index (χ0) is 36.8. The van der Waals surface area contributed by atoms with Gasteiger partial charge in [0, 0.05) is 18.5 Å². The van der Waals surface area contributed by atoms with Gasteiger partial charge in [0.2, 0.25) is 0 Å². The number of aliphatic hydroxyl groups excluding tert-OH is 1. The Bertz CT molecular complexity index is 2210. The number of imidazole rings is 1. The van der Waals surface area contributed by atoms with Crippen LogP contribution in [0.2, 0.25) is 0 Å². The lowest BCUT2D eigenvalue weighted by atomic mass is 9.77. The third-order valence-electron chi connectivity index (χ3n) is 9.99. The van der Waals surface area contributed by atoms with Crippen molar-refractivity contribution in [1.29, 1.82) is 5.26 Å². The van der Waals surface area contributed by atoms with Gasteiger partial charge in [0.1, 0.15) is 17.4 Å². The summed E-state index contributed by atoms with van der Waals surface area (Å²) in [5.41, 5.74) is 7.07. The zero-order valence-corrected chi connectivity index (χ0v) is 30.3. The molecule has 7 rings (SSSR count). The molecule has 7 aromatic rings. The van der Waals surface area contributed by atoms with Crippen LogP contribution in [0.15, 0.2) is 140 Å². The smallest absolute Gasteiger partial charge is 0.184 e. The Labute approximate surface area is 311 Å². The molecule has 8 nitrogen and oxygen atoms in total. The first-order valence-electron chi connectivity index (χ1n) is 18.3. The summed E-state index contributed by atoms with van der Waals surface area (Å²) >= 11 is 0. The maximum absolute atomic E-state index is 11.2. The van der Waals surface area contributed by atoms with E-state index in [1.165, 1.54) is 0 Å². The van der Waals surface area contributed by atoms with Crippen molar-refractivity contribution in [2.75, 3.05) is 0 Å². The number of nitrogens with zero attached hydrogens (tertiary/aromatic N) is 7. The average molecular weight is 698 g/mol. The van der Waals surface area contributed by atoms with Crippen molar-refractivity contribution < 1.29 is 5.11 Å². The summed E-state index contributed by atoms with van der Waals surface area (Å²) in [6.45, 7) is 6.56. The second-order valence-corrected chi connectivity index (χ2v) is 13.7. The first-order valence-corrected chi connectivity index (χ1v) is 18.3. The number of nitriles is 1. The fourth-order valence-corrected chi connectivity index (χ4v) is 7.30. The third-order valence-corrected chi connectivity index (χ3v) is 9.99. The van der Waals surface area contributed by atoms with E-state index in [9.17, 15) is 10.4 Å². The van der Waals surface area contributed by atoms with Gasteiger partial charge in [-0.15, -0.1) is 5.10 Å². The molecular weight excluding hydrogens is 655 g/mol. The minimum absolute atomic E-state index is 0.0589. The van der Waals surface area contributed by atoms with Crippen LogP contribution < -0.4 is 0 Å². The van der Waals surface area contributed by atoms with Crippen LogP contribution in [-0.2, 0) is 18.5 Å². The monoisotopic (exact) mass is 697 g/mol. The van der Waals surface area contributed by atoms with Crippen molar-refractivity contribution in [3.8, 4) is 28.6 Å². The second-order valence-electron chi connectivity index (χ2n) is 13.7. The lowest BCUT2D eigenvalue weighted by Crippen LogP contribution is -2.39. The molecule has 0 radical (unpaired) electrons. The van der Waals surface area contributed by atoms with Crippen LogP contribution in [0.3, 0.4) is 0 Å². The van der Waals surface area contributed by atoms with Crippen LogP contribution in [0.1, 0.15) is 79.2 Å². The molecule has 264 valence electrons. The Morgan fingerprint density at radius 3 is 1.81 bits per heavy atom. The van der Waals surface area contributed by atoms with E-state index in [4.69, 9.17) is 10.3 Å². The Hall–Kier alpha value is -6.17. The Kier molecular flexibility index (Phi) is 10.4. The molecular formula is C45H43N7O. The number of hydrogen-bond acceptors (Lipinski definition) is 6. The predicted octanol–water partition coefficient (Wildman–Crippen LogP) is 9.00. The van der Waals surface area contributed by atoms with Crippen molar-refractivity contribution in [2.45, 2.75) is 58.2 Å². The van der Waals surface area contributed by atoms with Gasteiger partial charge in [-0.2, -0.15) is 5.26 Å². The zero-order valence-electron chi connectivity index (χ0n) is 30.3. The van der Waals surface area contributed by atoms with Gasteiger partial charge in [-0.05, 0) is 56.1 Å². The summed E-state index contributed by atoms with van der Waals surface area (Å²) in [5, 5.41) is 34.9. The Morgan fingerprint density at radius 1 is 0.736 bits per heavy atom. The summed E-state index contributed by atoms with van der Waals surface area (Å²) < 4.78 is 4.01. The van der Waals surface area contributed by atoms with Crippen molar-refractivity contribution in [1.82, 2.24) is 29.8 Å². The highest BCUT2D eigenvalue weighted by Gasteiger charge is 2.42. The molecule has 0 bridgehead atoms. The molecule has 0 amide bonds. The van der Waals surface area contributed by atoms with Gasteiger partial charge in [0.25, 0.3) is 0 Å². The van der Waals surface area contributed by atoms with Crippen molar-refractivity contribution >= 4 is 0 Å².